The number of carbonyl (C=O) groups is 2. The van der Waals surface area contributed by atoms with Gasteiger partial charge in [0, 0.05) is 43.6 Å². The van der Waals surface area contributed by atoms with Gasteiger partial charge in [0.25, 0.3) is 0 Å². The van der Waals surface area contributed by atoms with Gasteiger partial charge in [-0.05, 0) is 26.3 Å². The Morgan fingerprint density at radius 3 is 0.905 bits per heavy atom. The molecule has 0 atom stereocenters. The van der Waals surface area contributed by atoms with Crippen molar-refractivity contribution in [3.05, 3.63) is 0 Å². The Labute approximate surface area is 130 Å². The van der Waals surface area contributed by atoms with E-state index in [-0.39, 0.29) is 13.4 Å². The van der Waals surface area contributed by atoms with E-state index in [0.29, 0.717) is 0 Å². The minimum Gasteiger partial charge on any atom is -0.469 e. The van der Waals surface area contributed by atoms with E-state index in [1.54, 1.807) is 40.7 Å². The number of hydrogen-bond donors (Lipinski definition) is 0. The van der Waals surface area contributed by atoms with E-state index in [9.17, 15) is 9.59 Å². The van der Waals surface area contributed by atoms with Crippen LogP contribution in [0.25, 0.3) is 0 Å². The first-order valence-electron chi connectivity index (χ1n) is 6.02. The fourth-order valence-electron chi connectivity index (χ4n) is 0. The number of aliphatic imine (C=N–C) groups is 2. The predicted molar refractivity (Wildman–Crippen MR) is 90.6 cm³/mol. The molecule has 0 heterocycles. The van der Waals surface area contributed by atoms with Crippen molar-refractivity contribution in [1.82, 2.24) is 0 Å². The van der Waals surface area contributed by atoms with Crippen molar-refractivity contribution in [1.29, 1.82) is 0 Å². The first-order valence-corrected chi connectivity index (χ1v) is 6.02. The van der Waals surface area contributed by atoms with Crippen molar-refractivity contribution in [2.24, 2.45) is 9.98 Å². The molecule has 0 aromatic rings. The maximum absolute atomic E-state index is 9.59. The molecule has 7 heteroatoms. The molecule has 0 bridgehead atoms. The van der Waals surface area contributed by atoms with Crippen molar-refractivity contribution in [2.75, 3.05) is 42.5 Å². The molecule has 21 heavy (non-hydrogen) atoms. The van der Waals surface area contributed by atoms with E-state index in [2.05, 4.69) is 24.2 Å². The maximum Gasteiger partial charge on any atom is 0.302 e. The van der Waals surface area contributed by atoms with Crippen LogP contribution in [0.2, 0.25) is 0 Å². The largest absolute Gasteiger partial charge is 0.469 e. The van der Waals surface area contributed by atoms with Crippen LogP contribution in [0.5, 0.6) is 0 Å². The van der Waals surface area contributed by atoms with Crippen molar-refractivity contribution in [2.45, 2.75) is 27.7 Å². The van der Waals surface area contributed by atoms with Crippen LogP contribution in [0.1, 0.15) is 29.1 Å². The highest BCUT2D eigenvalue weighted by molar-refractivity contribution is 5.65. The number of methoxy groups -OCH3 is 3. The molecule has 0 saturated carbocycles. The zero-order valence-corrected chi connectivity index (χ0v) is 15.1. The van der Waals surface area contributed by atoms with Crippen LogP contribution < -0.4 is 0 Å². The molecule has 0 aromatic carbocycles. The van der Waals surface area contributed by atoms with Gasteiger partial charge in [0.1, 0.15) is 0 Å². The molecule has 0 fully saturated rings. The second-order valence-corrected chi connectivity index (χ2v) is 2.83. The van der Waals surface area contributed by atoms with Gasteiger partial charge < -0.3 is 24.2 Å². The van der Waals surface area contributed by atoms with Crippen molar-refractivity contribution in [3.63, 3.8) is 0 Å². The Balaban J connectivity index is -0.0000000364. The summed E-state index contributed by atoms with van der Waals surface area (Å²) < 4.78 is 12.5. The molecule has 0 radical (unpaired) electrons. The summed E-state index contributed by atoms with van der Waals surface area (Å²) in [5, 5.41) is 0. The molecule has 0 aliphatic carbocycles. The number of nitrogens with zero attached hydrogens (tertiary/aromatic N) is 2. The van der Waals surface area contributed by atoms with E-state index in [1.807, 2.05) is 13.8 Å². The van der Waals surface area contributed by atoms with Crippen LogP contribution in [0.4, 0.5) is 0 Å². The SMILES string of the molecule is CC=NC.CC=NC.COC.COC(C)=O.COC(C)=O.[HH]. The van der Waals surface area contributed by atoms with Gasteiger partial charge in [-0.25, -0.2) is 0 Å². The number of rotatable bonds is 0. The van der Waals surface area contributed by atoms with E-state index in [1.165, 1.54) is 28.1 Å². The van der Waals surface area contributed by atoms with Crippen molar-refractivity contribution >= 4 is 24.4 Å². The quantitative estimate of drug-likeness (QED) is 0.506. The normalized spacial score (nSPS) is 7.71. The Bertz CT molecular complexity index is 215. The average Bonchev–Trinajstić information content (AvgIpc) is 2.49. The number of ether oxygens (including phenoxy) is 3. The summed E-state index contributed by atoms with van der Waals surface area (Å²) in [6, 6.07) is 0. The first-order chi connectivity index (χ1) is 9.78. The monoisotopic (exact) mass is 310 g/mol. The second-order valence-electron chi connectivity index (χ2n) is 2.83. The van der Waals surface area contributed by atoms with Crippen LogP contribution in [0, 0.1) is 0 Å². The van der Waals surface area contributed by atoms with Crippen LogP contribution in [-0.4, -0.2) is 66.9 Å². The standard InChI is InChI=1S/2C3H7N.2C3H6O2.C2H6O.H2/c2*1-3-4-2;2*1-3(4)5-2;1-3-2;/h2*3H,1-2H3;2*1-2H3;1-2H3;1H. The van der Waals surface area contributed by atoms with E-state index >= 15 is 0 Å². The van der Waals surface area contributed by atoms with Crippen LogP contribution in [0.3, 0.4) is 0 Å². The molecule has 7 nitrogen and oxygen atoms in total. The topological polar surface area (TPSA) is 86.6 Å². The third kappa shape index (κ3) is 268. The van der Waals surface area contributed by atoms with Crippen LogP contribution in [0.15, 0.2) is 9.98 Å². The van der Waals surface area contributed by atoms with Gasteiger partial charge in [-0.2, -0.15) is 0 Å². The van der Waals surface area contributed by atoms with Gasteiger partial charge in [0.2, 0.25) is 0 Å². The predicted octanol–water partition coefficient (Wildman–Crippen LogP) is 2.28. The van der Waals surface area contributed by atoms with Gasteiger partial charge in [0.05, 0.1) is 14.2 Å². The summed E-state index contributed by atoms with van der Waals surface area (Å²) >= 11 is 0. The lowest BCUT2D eigenvalue weighted by atomic mass is 10.8. The van der Waals surface area contributed by atoms with Crippen LogP contribution >= 0.6 is 0 Å². The van der Waals surface area contributed by atoms with Gasteiger partial charge in [-0.3, -0.25) is 9.59 Å². The molecule has 0 aromatic heterocycles. The third-order valence-corrected chi connectivity index (χ3v) is 1.09. The first kappa shape index (κ1) is 31.6. The fraction of sp³-hybridized carbons (Fsp3) is 0.714. The molecule has 0 unspecified atom stereocenters. The number of esters is 2. The van der Waals surface area contributed by atoms with Crippen molar-refractivity contribution < 1.29 is 25.2 Å². The minimum atomic E-state index is -0.245. The summed E-state index contributed by atoms with van der Waals surface area (Å²) in [5.41, 5.74) is 0. The third-order valence-electron chi connectivity index (χ3n) is 1.09. The number of hydrogen-bond acceptors (Lipinski definition) is 7. The highest BCUT2D eigenvalue weighted by atomic mass is 16.5. The van der Waals surface area contributed by atoms with Crippen molar-refractivity contribution in [3.8, 4) is 0 Å². The Hall–Kier alpha value is -1.76. The van der Waals surface area contributed by atoms with Crippen LogP contribution in [-0.2, 0) is 23.8 Å². The molecule has 0 N–H and O–H groups in total. The summed E-state index contributed by atoms with van der Waals surface area (Å²) in [4.78, 5) is 26.4. The molecule has 0 aliphatic rings. The molecule has 0 saturated heterocycles. The summed E-state index contributed by atoms with van der Waals surface area (Å²) in [6.45, 7) is 6.50. The number of carbonyl (C=O) groups excluding carboxylic acids is 2. The molecule has 0 spiro atoms. The Kier molecular flexibility index (Phi) is 64.5. The van der Waals surface area contributed by atoms with Gasteiger partial charge in [-0.1, -0.05) is 0 Å². The lowest BCUT2D eigenvalue weighted by molar-refractivity contribution is -0.138. The Morgan fingerprint density at radius 2 is 0.905 bits per heavy atom. The zero-order chi connectivity index (χ0) is 18.1. The highest BCUT2D eigenvalue weighted by Crippen LogP contribution is 1.60. The van der Waals surface area contributed by atoms with E-state index in [4.69, 9.17) is 0 Å². The van der Waals surface area contributed by atoms with E-state index < -0.39 is 0 Å². The summed E-state index contributed by atoms with van der Waals surface area (Å²) in [5.74, 6) is -0.491. The lowest BCUT2D eigenvalue weighted by Gasteiger charge is -1.80. The van der Waals surface area contributed by atoms with E-state index in [0.717, 1.165) is 0 Å². The fourth-order valence-corrected chi connectivity index (χ4v) is 0. The average molecular weight is 310 g/mol. The molecule has 0 amide bonds. The lowest BCUT2D eigenvalue weighted by Crippen LogP contribution is -1.88. The second kappa shape index (κ2) is 42.9. The molecular formula is C14H34N2O5. The Morgan fingerprint density at radius 1 is 0.810 bits per heavy atom. The molecule has 0 aliphatic heterocycles. The molecule has 130 valence electrons. The van der Waals surface area contributed by atoms with Gasteiger partial charge in [-0.15, -0.1) is 0 Å². The highest BCUT2D eigenvalue weighted by Gasteiger charge is 1.76. The van der Waals surface area contributed by atoms with Gasteiger partial charge in [0.15, 0.2) is 0 Å². The zero-order valence-electron chi connectivity index (χ0n) is 15.1. The minimum absolute atomic E-state index is 0. The molecular weight excluding hydrogens is 276 g/mol. The van der Waals surface area contributed by atoms with Gasteiger partial charge >= 0.3 is 11.9 Å². The summed E-state index contributed by atoms with van der Waals surface area (Å²) in [7, 11) is 9.45. The molecule has 0 rings (SSSR count). The maximum atomic E-state index is 9.59. The smallest absolute Gasteiger partial charge is 0.302 e. The summed E-state index contributed by atoms with van der Waals surface area (Å²) in [6.07, 6.45) is 3.50.